The average molecular weight is 520 g/mol. The molecule has 39 heavy (non-hydrogen) atoms. The zero-order chi connectivity index (χ0) is 26.5. The third-order valence-electron chi connectivity index (χ3n) is 6.88. The summed E-state index contributed by atoms with van der Waals surface area (Å²) in [4.78, 5) is 29.0. The molecule has 0 saturated heterocycles. The molecule has 10 heteroatoms. The number of pyridine rings is 3. The number of halogens is 1. The molecule has 1 fully saturated rings. The molecule has 0 bridgehead atoms. The fourth-order valence-electron chi connectivity index (χ4n) is 4.75. The standard InChI is InChI=1S/C29H22FN7O2/c1-39-20-8-16(6-18(30)9-20)27-21-11-25(35-23(21)4-5-32-27)28-22-10-24(33-14-26(22)36-37-28)17-7-19(13-31-12-17)34-29(38)15-2-3-15/h4-15,35H,2-3H2,1H3,(H,34,38)(H,36,37). The van der Waals surface area contributed by atoms with Crippen LogP contribution in [0.3, 0.4) is 0 Å². The van der Waals surface area contributed by atoms with Gasteiger partial charge in [0.1, 0.15) is 17.3 Å². The lowest BCUT2D eigenvalue weighted by molar-refractivity contribution is -0.117. The van der Waals surface area contributed by atoms with Crippen LogP contribution in [-0.4, -0.2) is 43.2 Å². The van der Waals surface area contributed by atoms with E-state index in [4.69, 9.17) is 4.74 Å². The van der Waals surface area contributed by atoms with Crippen molar-refractivity contribution in [2.24, 2.45) is 5.92 Å². The molecule has 0 spiro atoms. The highest BCUT2D eigenvalue weighted by Gasteiger charge is 2.29. The Morgan fingerprint density at radius 3 is 2.69 bits per heavy atom. The van der Waals surface area contributed by atoms with Gasteiger partial charge in [-0.3, -0.25) is 24.8 Å². The van der Waals surface area contributed by atoms with Crippen LogP contribution in [0.4, 0.5) is 10.1 Å². The smallest absolute Gasteiger partial charge is 0.227 e. The Balaban J connectivity index is 1.28. The van der Waals surface area contributed by atoms with Crippen molar-refractivity contribution >= 4 is 33.4 Å². The molecule has 1 saturated carbocycles. The number of fused-ring (bicyclic) bond motifs is 2. The highest BCUT2D eigenvalue weighted by molar-refractivity contribution is 6.00. The number of hydrogen-bond donors (Lipinski definition) is 3. The number of aromatic amines is 2. The van der Waals surface area contributed by atoms with Crippen LogP contribution in [0.5, 0.6) is 5.75 Å². The summed E-state index contributed by atoms with van der Waals surface area (Å²) in [5, 5.41) is 12.2. The number of carbonyl (C=O) groups is 1. The van der Waals surface area contributed by atoms with Gasteiger partial charge < -0.3 is 15.0 Å². The van der Waals surface area contributed by atoms with E-state index < -0.39 is 5.82 Å². The van der Waals surface area contributed by atoms with Crippen LogP contribution in [0.25, 0.3) is 55.7 Å². The van der Waals surface area contributed by atoms with Crippen molar-refractivity contribution in [3.05, 3.63) is 73.1 Å². The van der Waals surface area contributed by atoms with Gasteiger partial charge in [-0.25, -0.2) is 4.39 Å². The lowest BCUT2D eigenvalue weighted by Crippen LogP contribution is -2.13. The van der Waals surface area contributed by atoms with Crippen LogP contribution in [0.1, 0.15) is 12.8 Å². The van der Waals surface area contributed by atoms with E-state index in [1.165, 1.54) is 19.2 Å². The van der Waals surface area contributed by atoms with Gasteiger partial charge in [0.2, 0.25) is 5.91 Å². The van der Waals surface area contributed by atoms with Crippen molar-refractivity contribution in [1.29, 1.82) is 0 Å². The second kappa shape index (κ2) is 9.02. The first kappa shape index (κ1) is 23.0. The third-order valence-corrected chi connectivity index (χ3v) is 6.88. The Morgan fingerprint density at radius 1 is 0.974 bits per heavy atom. The molecule has 5 aromatic heterocycles. The summed E-state index contributed by atoms with van der Waals surface area (Å²) in [6.45, 7) is 0. The van der Waals surface area contributed by atoms with Gasteiger partial charge in [-0.1, -0.05) is 0 Å². The maximum atomic E-state index is 14.2. The van der Waals surface area contributed by atoms with Crippen LogP contribution in [-0.2, 0) is 4.79 Å². The molecule has 1 aliphatic carbocycles. The number of amides is 1. The minimum atomic E-state index is -0.400. The monoisotopic (exact) mass is 519 g/mol. The molecule has 3 N–H and O–H groups in total. The Hall–Kier alpha value is -5.12. The maximum Gasteiger partial charge on any atom is 0.227 e. The average Bonchev–Trinajstić information content (AvgIpc) is 3.58. The van der Waals surface area contributed by atoms with Crippen molar-refractivity contribution in [1.82, 2.24) is 30.1 Å². The molecule has 6 aromatic rings. The number of nitrogens with one attached hydrogen (secondary N) is 3. The minimum absolute atomic E-state index is 0.0267. The van der Waals surface area contributed by atoms with E-state index in [2.05, 4.69) is 35.5 Å². The lowest BCUT2D eigenvalue weighted by atomic mass is 10.1. The summed E-state index contributed by atoms with van der Waals surface area (Å²) in [6, 6.07) is 12.2. The number of ether oxygens (including phenoxy) is 1. The Labute approximate surface area is 221 Å². The first-order chi connectivity index (χ1) is 19.1. The normalized spacial score (nSPS) is 13.2. The second-order valence-electron chi connectivity index (χ2n) is 9.60. The van der Waals surface area contributed by atoms with Gasteiger partial charge in [0.25, 0.3) is 0 Å². The lowest BCUT2D eigenvalue weighted by Gasteiger charge is -2.06. The summed E-state index contributed by atoms with van der Waals surface area (Å²) < 4.78 is 19.5. The molecule has 1 aromatic carbocycles. The van der Waals surface area contributed by atoms with Crippen LogP contribution < -0.4 is 10.1 Å². The largest absolute Gasteiger partial charge is 0.497 e. The van der Waals surface area contributed by atoms with Gasteiger partial charge in [-0.05, 0) is 49.2 Å². The van der Waals surface area contributed by atoms with Crippen molar-refractivity contribution in [3.8, 4) is 39.7 Å². The van der Waals surface area contributed by atoms with Gasteiger partial charge in [0.05, 0.1) is 47.8 Å². The number of methoxy groups -OCH3 is 1. The molecular formula is C29H22FN7O2. The molecule has 0 atom stereocenters. The van der Waals surface area contributed by atoms with Crippen LogP contribution in [0.2, 0.25) is 0 Å². The number of benzene rings is 1. The zero-order valence-electron chi connectivity index (χ0n) is 20.8. The number of carbonyl (C=O) groups excluding carboxylic acids is 1. The summed E-state index contributed by atoms with van der Waals surface area (Å²) in [5.41, 5.74) is 6.45. The maximum absolute atomic E-state index is 14.2. The Bertz CT molecular complexity index is 1890. The van der Waals surface area contributed by atoms with E-state index in [1.807, 2.05) is 24.3 Å². The fourth-order valence-corrected chi connectivity index (χ4v) is 4.75. The van der Waals surface area contributed by atoms with Gasteiger partial charge >= 0.3 is 0 Å². The molecule has 5 heterocycles. The molecule has 7 rings (SSSR count). The topological polar surface area (TPSA) is 121 Å². The molecule has 0 aliphatic heterocycles. The zero-order valence-corrected chi connectivity index (χ0v) is 20.8. The van der Waals surface area contributed by atoms with E-state index in [1.54, 1.807) is 30.9 Å². The molecule has 1 amide bonds. The van der Waals surface area contributed by atoms with E-state index in [-0.39, 0.29) is 11.8 Å². The first-order valence-corrected chi connectivity index (χ1v) is 12.5. The van der Waals surface area contributed by atoms with E-state index in [9.17, 15) is 9.18 Å². The predicted molar refractivity (Wildman–Crippen MR) is 146 cm³/mol. The van der Waals surface area contributed by atoms with Gasteiger partial charge in [0, 0.05) is 51.8 Å². The molecule has 9 nitrogen and oxygen atoms in total. The van der Waals surface area contributed by atoms with Crippen LogP contribution in [0, 0.1) is 11.7 Å². The Morgan fingerprint density at radius 2 is 1.85 bits per heavy atom. The summed E-state index contributed by atoms with van der Waals surface area (Å²) in [6.07, 6.45) is 8.63. The summed E-state index contributed by atoms with van der Waals surface area (Å²) in [5.74, 6) is 0.150. The van der Waals surface area contributed by atoms with Crippen LogP contribution in [0.15, 0.2) is 67.3 Å². The number of hydrogen-bond acceptors (Lipinski definition) is 6. The number of aromatic nitrogens is 6. The molecule has 0 radical (unpaired) electrons. The second-order valence-corrected chi connectivity index (χ2v) is 9.60. The molecule has 192 valence electrons. The SMILES string of the molecule is COc1cc(F)cc(-c2nccc3[nH]c(-c4n[nH]c5cnc(-c6cncc(NC(=O)C7CC7)c6)cc45)cc23)c1. The van der Waals surface area contributed by atoms with Gasteiger partial charge in [-0.15, -0.1) is 0 Å². The number of H-pyrrole nitrogens is 2. The minimum Gasteiger partial charge on any atom is -0.497 e. The highest BCUT2D eigenvalue weighted by Crippen LogP contribution is 2.35. The first-order valence-electron chi connectivity index (χ1n) is 12.5. The molecule has 1 aliphatic rings. The van der Waals surface area contributed by atoms with E-state index in [0.717, 1.165) is 45.9 Å². The number of nitrogens with zero attached hydrogens (tertiary/aromatic N) is 4. The summed E-state index contributed by atoms with van der Waals surface area (Å²) in [7, 11) is 1.50. The van der Waals surface area contributed by atoms with Crippen LogP contribution >= 0.6 is 0 Å². The fraction of sp³-hybridized carbons (Fsp3) is 0.138. The van der Waals surface area contributed by atoms with Crippen molar-refractivity contribution in [3.63, 3.8) is 0 Å². The molecule has 0 unspecified atom stereocenters. The van der Waals surface area contributed by atoms with Gasteiger partial charge in [-0.2, -0.15) is 5.10 Å². The molecular weight excluding hydrogens is 497 g/mol. The highest BCUT2D eigenvalue weighted by atomic mass is 19.1. The number of anilines is 1. The predicted octanol–water partition coefficient (Wildman–Crippen LogP) is 5.73. The van der Waals surface area contributed by atoms with E-state index >= 15 is 0 Å². The van der Waals surface area contributed by atoms with Gasteiger partial charge in [0.15, 0.2) is 0 Å². The quantitative estimate of drug-likeness (QED) is 0.259. The number of rotatable bonds is 6. The third kappa shape index (κ3) is 4.25. The summed E-state index contributed by atoms with van der Waals surface area (Å²) >= 11 is 0. The van der Waals surface area contributed by atoms with E-state index in [0.29, 0.717) is 34.1 Å². The Kier molecular flexibility index (Phi) is 5.32. The van der Waals surface area contributed by atoms with Crippen molar-refractivity contribution in [2.45, 2.75) is 12.8 Å². The van der Waals surface area contributed by atoms with Crippen molar-refractivity contribution in [2.75, 3.05) is 12.4 Å². The van der Waals surface area contributed by atoms with Crippen molar-refractivity contribution < 1.29 is 13.9 Å².